The van der Waals surface area contributed by atoms with Crippen molar-refractivity contribution in [1.82, 2.24) is 4.98 Å². The predicted octanol–water partition coefficient (Wildman–Crippen LogP) is 2.86. The molecule has 2 rings (SSSR count). The van der Waals surface area contributed by atoms with Gasteiger partial charge in [0.15, 0.2) is 0 Å². The first-order valence-corrected chi connectivity index (χ1v) is 6.00. The maximum absolute atomic E-state index is 13.5. The lowest BCUT2D eigenvalue weighted by molar-refractivity contribution is 0.0690. The number of hydrogen-bond acceptors (Lipinski definition) is 2. The van der Waals surface area contributed by atoms with Crippen LogP contribution >= 0.6 is 0 Å². The third-order valence-electron chi connectivity index (χ3n) is 3.06. The Hall–Kier alpha value is -2.70. The van der Waals surface area contributed by atoms with Crippen molar-refractivity contribution in [2.75, 3.05) is 5.32 Å². The van der Waals surface area contributed by atoms with Gasteiger partial charge in [0.1, 0.15) is 17.3 Å². The summed E-state index contributed by atoms with van der Waals surface area (Å²) in [4.78, 5) is 25.7. The van der Waals surface area contributed by atoms with Crippen molar-refractivity contribution < 1.29 is 23.5 Å². The van der Waals surface area contributed by atoms with Crippen LogP contribution in [0.25, 0.3) is 0 Å². The summed E-state index contributed by atoms with van der Waals surface area (Å²) < 4.78 is 26.6. The largest absolute Gasteiger partial charge is 0.477 e. The number of aromatic carboxylic acids is 1. The van der Waals surface area contributed by atoms with Crippen LogP contribution in [-0.2, 0) is 0 Å². The summed E-state index contributed by atoms with van der Waals surface area (Å²) in [5, 5.41) is 11.2. The summed E-state index contributed by atoms with van der Waals surface area (Å²) in [7, 11) is 0. The molecule has 2 aromatic rings. The van der Waals surface area contributed by atoms with Crippen LogP contribution in [0.4, 0.5) is 14.5 Å². The topological polar surface area (TPSA) is 82.2 Å². The van der Waals surface area contributed by atoms with Gasteiger partial charge in [0.25, 0.3) is 5.91 Å². The number of rotatable bonds is 3. The number of aromatic nitrogens is 1. The van der Waals surface area contributed by atoms with Crippen molar-refractivity contribution >= 4 is 17.6 Å². The molecule has 1 aromatic heterocycles. The number of nitrogens with one attached hydrogen (secondary N) is 2. The zero-order valence-corrected chi connectivity index (χ0v) is 11.3. The van der Waals surface area contributed by atoms with Gasteiger partial charge in [-0.2, -0.15) is 0 Å². The van der Waals surface area contributed by atoms with Gasteiger partial charge in [0.05, 0.1) is 11.3 Å². The Morgan fingerprint density at radius 2 is 1.90 bits per heavy atom. The Bertz CT molecular complexity index is 738. The van der Waals surface area contributed by atoms with Crippen LogP contribution in [0.15, 0.2) is 18.2 Å². The molecular formula is C14H12F2N2O3. The molecular weight excluding hydrogens is 282 g/mol. The van der Waals surface area contributed by atoms with Gasteiger partial charge in [-0.25, -0.2) is 13.6 Å². The van der Waals surface area contributed by atoms with E-state index in [0.29, 0.717) is 5.69 Å². The van der Waals surface area contributed by atoms with Gasteiger partial charge in [0.2, 0.25) is 0 Å². The minimum atomic E-state index is -1.20. The maximum Gasteiger partial charge on any atom is 0.352 e. The number of carbonyl (C=O) groups is 2. The van der Waals surface area contributed by atoms with Crippen LogP contribution < -0.4 is 5.32 Å². The fraction of sp³-hybridized carbons (Fsp3) is 0.143. The Balaban J connectivity index is 2.37. The minimum absolute atomic E-state index is 0.0936. The molecule has 0 aliphatic rings. The van der Waals surface area contributed by atoms with E-state index in [4.69, 9.17) is 5.11 Å². The second kappa shape index (κ2) is 5.35. The molecule has 1 amide bonds. The zero-order chi connectivity index (χ0) is 15.7. The fourth-order valence-corrected chi connectivity index (χ4v) is 2.08. The number of benzene rings is 1. The highest BCUT2D eigenvalue weighted by atomic mass is 19.1. The van der Waals surface area contributed by atoms with Crippen LogP contribution in [0.1, 0.15) is 32.1 Å². The fourth-order valence-electron chi connectivity index (χ4n) is 2.08. The summed E-state index contributed by atoms with van der Waals surface area (Å²) in [5.74, 6) is -3.39. The highest BCUT2D eigenvalue weighted by Gasteiger charge is 2.22. The second-order valence-corrected chi connectivity index (χ2v) is 4.51. The summed E-state index contributed by atoms with van der Waals surface area (Å²) in [6, 6.07) is 2.67. The van der Waals surface area contributed by atoms with E-state index in [2.05, 4.69) is 10.3 Å². The summed E-state index contributed by atoms with van der Waals surface area (Å²) in [6.07, 6.45) is 0. The first-order valence-electron chi connectivity index (χ1n) is 6.00. The number of aromatic amines is 1. The van der Waals surface area contributed by atoms with Gasteiger partial charge >= 0.3 is 5.97 Å². The maximum atomic E-state index is 13.5. The van der Waals surface area contributed by atoms with Crippen LogP contribution in [0.3, 0.4) is 0 Å². The Labute approximate surface area is 118 Å². The van der Waals surface area contributed by atoms with Crippen LogP contribution in [0.2, 0.25) is 0 Å². The van der Waals surface area contributed by atoms with Crippen molar-refractivity contribution in [3.8, 4) is 0 Å². The first-order chi connectivity index (χ1) is 9.81. The SMILES string of the molecule is Cc1[nH]c(C(=O)O)c(C)c1C(=O)Nc1cc(F)ccc1F. The number of H-pyrrole nitrogens is 1. The summed E-state index contributed by atoms with van der Waals surface area (Å²) in [6.45, 7) is 2.99. The first kappa shape index (κ1) is 14.7. The molecule has 0 aliphatic heterocycles. The number of carbonyl (C=O) groups excluding carboxylic acids is 1. The Kier molecular flexibility index (Phi) is 3.75. The molecule has 0 atom stereocenters. The Morgan fingerprint density at radius 3 is 2.48 bits per heavy atom. The number of amides is 1. The van der Waals surface area contributed by atoms with E-state index in [1.54, 1.807) is 0 Å². The number of aryl methyl sites for hydroxylation is 1. The minimum Gasteiger partial charge on any atom is -0.477 e. The lowest BCUT2D eigenvalue weighted by Gasteiger charge is -2.07. The molecule has 0 saturated heterocycles. The van der Waals surface area contributed by atoms with Crippen molar-refractivity contribution in [3.05, 3.63) is 52.3 Å². The molecule has 1 heterocycles. The molecule has 0 spiro atoms. The van der Waals surface area contributed by atoms with Crippen LogP contribution in [0.5, 0.6) is 0 Å². The molecule has 0 unspecified atom stereocenters. The van der Waals surface area contributed by atoms with Gasteiger partial charge < -0.3 is 15.4 Å². The molecule has 0 aliphatic carbocycles. The average Bonchev–Trinajstić information content (AvgIpc) is 2.69. The molecule has 110 valence electrons. The van der Waals surface area contributed by atoms with Crippen molar-refractivity contribution in [3.63, 3.8) is 0 Å². The third-order valence-corrected chi connectivity index (χ3v) is 3.06. The van der Waals surface area contributed by atoms with Gasteiger partial charge in [-0.1, -0.05) is 0 Å². The number of halogens is 2. The van der Waals surface area contributed by atoms with Gasteiger partial charge in [-0.05, 0) is 31.5 Å². The van der Waals surface area contributed by atoms with E-state index in [1.165, 1.54) is 13.8 Å². The molecule has 0 bridgehead atoms. The van der Waals surface area contributed by atoms with Crippen LogP contribution in [-0.4, -0.2) is 22.0 Å². The molecule has 0 saturated carbocycles. The van der Waals surface area contributed by atoms with E-state index in [0.717, 1.165) is 18.2 Å². The molecule has 3 N–H and O–H groups in total. The van der Waals surface area contributed by atoms with Crippen LogP contribution in [0, 0.1) is 25.5 Å². The lowest BCUT2D eigenvalue weighted by atomic mass is 10.1. The molecule has 5 nitrogen and oxygen atoms in total. The van der Waals surface area contributed by atoms with Gasteiger partial charge in [-0.15, -0.1) is 0 Å². The van der Waals surface area contributed by atoms with E-state index in [9.17, 15) is 18.4 Å². The number of hydrogen-bond donors (Lipinski definition) is 3. The zero-order valence-electron chi connectivity index (χ0n) is 11.3. The molecule has 0 fully saturated rings. The molecule has 1 aromatic carbocycles. The van der Waals surface area contributed by atoms with Crippen molar-refractivity contribution in [1.29, 1.82) is 0 Å². The molecule has 21 heavy (non-hydrogen) atoms. The average molecular weight is 294 g/mol. The molecule has 0 radical (unpaired) electrons. The van der Waals surface area contributed by atoms with E-state index in [-0.39, 0.29) is 22.5 Å². The number of anilines is 1. The smallest absolute Gasteiger partial charge is 0.352 e. The Morgan fingerprint density at radius 1 is 1.24 bits per heavy atom. The predicted molar refractivity (Wildman–Crippen MR) is 71.5 cm³/mol. The van der Waals surface area contributed by atoms with E-state index < -0.39 is 23.5 Å². The monoisotopic (exact) mass is 294 g/mol. The quantitative estimate of drug-likeness (QED) is 0.814. The third kappa shape index (κ3) is 2.76. The number of carboxylic acid groups (broad SMARTS) is 1. The van der Waals surface area contributed by atoms with Gasteiger partial charge in [-0.3, -0.25) is 4.79 Å². The van der Waals surface area contributed by atoms with E-state index in [1.807, 2.05) is 0 Å². The standard InChI is InChI=1S/C14H12F2N2O3/c1-6-11(7(2)17-12(6)14(20)21)13(19)18-10-5-8(15)3-4-9(10)16/h3-5,17H,1-2H3,(H,18,19)(H,20,21). The highest BCUT2D eigenvalue weighted by Crippen LogP contribution is 2.21. The summed E-state index contributed by atoms with van der Waals surface area (Å²) >= 11 is 0. The number of carboxylic acids is 1. The van der Waals surface area contributed by atoms with Crippen molar-refractivity contribution in [2.45, 2.75) is 13.8 Å². The highest BCUT2D eigenvalue weighted by molar-refractivity contribution is 6.08. The van der Waals surface area contributed by atoms with Crippen molar-refractivity contribution in [2.24, 2.45) is 0 Å². The lowest BCUT2D eigenvalue weighted by Crippen LogP contribution is -2.15. The summed E-state index contributed by atoms with van der Waals surface area (Å²) in [5.41, 5.74) is 0.235. The second-order valence-electron chi connectivity index (χ2n) is 4.51. The molecule has 7 heteroatoms. The van der Waals surface area contributed by atoms with E-state index >= 15 is 0 Å². The normalized spacial score (nSPS) is 10.5. The van der Waals surface area contributed by atoms with Gasteiger partial charge in [0, 0.05) is 11.8 Å².